The molecule has 0 aromatic carbocycles. The molecule has 0 saturated carbocycles. The van der Waals surface area contributed by atoms with E-state index in [-0.39, 0.29) is 5.91 Å². The minimum absolute atomic E-state index is 0.0692. The Bertz CT molecular complexity index is 458. The van der Waals surface area contributed by atoms with Crippen molar-refractivity contribution in [1.29, 1.82) is 0 Å². The Morgan fingerprint density at radius 2 is 2.00 bits per heavy atom. The average molecular weight is 265 g/mol. The molecule has 0 spiro atoms. The molecule has 0 aliphatic carbocycles. The standard InChI is InChI=1S/C13H23N5O/c1-5-10-11(14)12(16-15-10)13(19)18-6-8(2)17(4)9(3)7-18/h8-9H,5-7,14H2,1-4H3,(H,15,16). The van der Waals surface area contributed by atoms with Crippen LogP contribution in [0.1, 0.15) is 37.0 Å². The number of nitrogens with two attached hydrogens (primary N) is 1. The van der Waals surface area contributed by atoms with Gasteiger partial charge in [-0.2, -0.15) is 5.10 Å². The molecule has 2 unspecified atom stereocenters. The summed E-state index contributed by atoms with van der Waals surface area (Å²) in [6, 6.07) is 0.692. The van der Waals surface area contributed by atoms with Crippen LogP contribution in [0.5, 0.6) is 0 Å². The van der Waals surface area contributed by atoms with Gasteiger partial charge in [0.1, 0.15) is 0 Å². The highest BCUT2D eigenvalue weighted by Crippen LogP contribution is 2.20. The molecule has 2 heterocycles. The van der Waals surface area contributed by atoms with Crippen molar-refractivity contribution in [3.05, 3.63) is 11.4 Å². The van der Waals surface area contributed by atoms with Gasteiger partial charge in [-0.25, -0.2) is 0 Å². The number of nitrogens with one attached hydrogen (secondary N) is 1. The fourth-order valence-electron chi connectivity index (χ4n) is 2.54. The number of carbonyl (C=O) groups excluding carboxylic acids is 1. The van der Waals surface area contributed by atoms with Gasteiger partial charge in [0, 0.05) is 25.2 Å². The molecule has 2 rings (SSSR count). The lowest BCUT2D eigenvalue weighted by molar-refractivity contribution is 0.0410. The molecule has 6 heteroatoms. The molecule has 6 nitrogen and oxygen atoms in total. The summed E-state index contributed by atoms with van der Waals surface area (Å²) >= 11 is 0. The first-order chi connectivity index (χ1) is 8.95. The summed E-state index contributed by atoms with van der Waals surface area (Å²) in [5.74, 6) is -0.0692. The lowest BCUT2D eigenvalue weighted by Crippen LogP contribution is -2.56. The second-order valence-corrected chi connectivity index (χ2v) is 5.39. The predicted molar refractivity (Wildman–Crippen MR) is 75.0 cm³/mol. The Labute approximate surface area is 113 Å². The van der Waals surface area contributed by atoms with Gasteiger partial charge in [-0.1, -0.05) is 6.92 Å². The van der Waals surface area contributed by atoms with Gasteiger partial charge in [-0.3, -0.25) is 14.8 Å². The molecule has 1 aliphatic heterocycles. The van der Waals surface area contributed by atoms with Crippen LogP contribution in [-0.2, 0) is 6.42 Å². The largest absolute Gasteiger partial charge is 0.395 e. The van der Waals surface area contributed by atoms with E-state index in [1.165, 1.54) is 0 Å². The van der Waals surface area contributed by atoms with Crippen LogP contribution < -0.4 is 5.73 Å². The van der Waals surface area contributed by atoms with Crippen molar-refractivity contribution in [2.75, 3.05) is 25.9 Å². The van der Waals surface area contributed by atoms with Crippen LogP contribution in [0.3, 0.4) is 0 Å². The maximum absolute atomic E-state index is 12.5. The molecule has 3 N–H and O–H groups in total. The number of nitrogen functional groups attached to an aromatic ring is 1. The molecule has 1 saturated heterocycles. The zero-order valence-corrected chi connectivity index (χ0v) is 12.1. The van der Waals surface area contributed by atoms with E-state index >= 15 is 0 Å². The fraction of sp³-hybridized carbons (Fsp3) is 0.692. The number of hydrogen-bond donors (Lipinski definition) is 2. The number of hydrogen-bond acceptors (Lipinski definition) is 4. The van der Waals surface area contributed by atoms with E-state index in [0.29, 0.717) is 36.6 Å². The number of anilines is 1. The summed E-state index contributed by atoms with van der Waals surface area (Å²) in [5.41, 5.74) is 7.65. The Balaban J connectivity index is 2.18. The van der Waals surface area contributed by atoms with Crippen molar-refractivity contribution in [3.63, 3.8) is 0 Å². The Kier molecular flexibility index (Phi) is 3.80. The third kappa shape index (κ3) is 2.45. The number of nitrogens with zero attached hydrogens (tertiary/aromatic N) is 3. The first kappa shape index (κ1) is 13.9. The van der Waals surface area contributed by atoms with Crippen molar-refractivity contribution < 1.29 is 4.79 Å². The van der Waals surface area contributed by atoms with Gasteiger partial charge in [0.15, 0.2) is 5.69 Å². The lowest BCUT2D eigenvalue weighted by Gasteiger charge is -2.42. The van der Waals surface area contributed by atoms with Gasteiger partial charge in [-0.05, 0) is 27.3 Å². The Morgan fingerprint density at radius 1 is 1.42 bits per heavy atom. The van der Waals surface area contributed by atoms with Gasteiger partial charge >= 0.3 is 0 Å². The topological polar surface area (TPSA) is 78.2 Å². The normalized spacial score (nSPS) is 24.7. The number of rotatable bonds is 2. The van der Waals surface area contributed by atoms with Crippen molar-refractivity contribution in [1.82, 2.24) is 20.0 Å². The van der Waals surface area contributed by atoms with E-state index in [4.69, 9.17) is 5.73 Å². The number of H-pyrrole nitrogens is 1. The van der Waals surface area contributed by atoms with E-state index in [0.717, 1.165) is 12.1 Å². The molecule has 2 atom stereocenters. The van der Waals surface area contributed by atoms with Gasteiger partial charge < -0.3 is 10.6 Å². The average Bonchev–Trinajstić information content (AvgIpc) is 2.75. The summed E-state index contributed by atoms with van der Waals surface area (Å²) in [7, 11) is 2.09. The number of aromatic amines is 1. The zero-order valence-electron chi connectivity index (χ0n) is 12.1. The number of piperazine rings is 1. The second kappa shape index (κ2) is 5.21. The fourth-order valence-corrected chi connectivity index (χ4v) is 2.54. The van der Waals surface area contributed by atoms with Crippen LogP contribution in [0.4, 0.5) is 5.69 Å². The number of carbonyl (C=O) groups is 1. The van der Waals surface area contributed by atoms with E-state index in [9.17, 15) is 4.79 Å². The lowest BCUT2D eigenvalue weighted by atomic mass is 10.1. The van der Waals surface area contributed by atoms with Crippen LogP contribution in [-0.4, -0.2) is 58.1 Å². The highest BCUT2D eigenvalue weighted by Gasteiger charge is 2.31. The minimum atomic E-state index is -0.0692. The molecular weight excluding hydrogens is 242 g/mol. The smallest absolute Gasteiger partial charge is 0.276 e. The molecule has 0 bridgehead atoms. The van der Waals surface area contributed by atoms with Crippen molar-refractivity contribution in [2.45, 2.75) is 39.3 Å². The van der Waals surface area contributed by atoms with Crippen molar-refractivity contribution in [2.24, 2.45) is 0 Å². The maximum atomic E-state index is 12.5. The number of likely N-dealkylation sites (N-methyl/N-ethyl adjacent to an activating group) is 1. The van der Waals surface area contributed by atoms with E-state index in [1.54, 1.807) is 0 Å². The summed E-state index contributed by atoms with van der Waals surface area (Å²) < 4.78 is 0. The Morgan fingerprint density at radius 3 is 2.47 bits per heavy atom. The third-order valence-corrected chi connectivity index (χ3v) is 4.09. The quantitative estimate of drug-likeness (QED) is 0.826. The van der Waals surface area contributed by atoms with Crippen LogP contribution in [0.25, 0.3) is 0 Å². The number of aryl methyl sites for hydroxylation is 1. The summed E-state index contributed by atoms with van der Waals surface area (Å²) in [5, 5.41) is 6.92. The first-order valence-corrected chi connectivity index (χ1v) is 6.79. The molecule has 1 amide bonds. The third-order valence-electron chi connectivity index (χ3n) is 4.09. The van der Waals surface area contributed by atoms with E-state index in [2.05, 4.69) is 36.0 Å². The molecule has 0 radical (unpaired) electrons. The predicted octanol–water partition coefficient (Wildman–Crippen LogP) is 0.719. The maximum Gasteiger partial charge on any atom is 0.276 e. The molecule has 1 aliphatic rings. The highest BCUT2D eigenvalue weighted by molar-refractivity contribution is 5.97. The van der Waals surface area contributed by atoms with Gasteiger partial charge in [0.2, 0.25) is 0 Å². The highest BCUT2D eigenvalue weighted by atomic mass is 16.2. The first-order valence-electron chi connectivity index (χ1n) is 6.79. The van der Waals surface area contributed by atoms with Crippen LogP contribution in [0.2, 0.25) is 0 Å². The summed E-state index contributed by atoms with van der Waals surface area (Å²) in [6.45, 7) is 7.67. The number of amides is 1. The number of aromatic nitrogens is 2. The monoisotopic (exact) mass is 265 g/mol. The van der Waals surface area contributed by atoms with Gasteiger partial charge in [0.25, 0.3) is 5.91 Å². The van der Waals surface area contributed by atoms with Crippen molar-refractivity contribution >= 4 is 11.6 Å². The Hall–Kier alpha value is -1.56. The molecule has 1 fully saturated rings. The molecule has 1 aromatic heterocycles. The van der Waals surface area contributed by atoms with Crippen LogP contribution in [0.15, 0.2) is 0 Å². The molecule has 19 heavy (non-hydrogen) atoms. The zero-order chi connectivity index (χ0) is 14.2. The van der Waals surface area contributed by atoms with E-state index < -0.39 is 0 Å². The summed E-state index contributed by atoms with van der Waals surface area (Å²) in [6.07, 6.45) is 0.752. The molecule has 1 aromatic rings. The van der Waals surface area contributed by atoms with Crippen LogP contribution in [0, 0.1) is 0 Å². The second-order valence-electron chi connectivity index (χ2n) is 5.39. The van der Waals surface area contributed by atoms with Gasteiger partial charge in [-0.15, -0.1) is 0 Å². The van der Waals surface area contributed by atoms with Gasteiger partial charge in [0.05, 0.1) is 11.4 Å². The molecule has 106 valence electrons. The van der Waals surface area contributed by atoms with Crippen LogP contribution >= 0.6 is 0 Å². The van der Waals surface area contributed by atoms with E-state index in [1.807, 2.05) is 11.8 Å². The SMILES string of the molecule is CCc1[nH]nc(C(=O)N2CC(C)N(C)C(C)C2)c1N. The molecular formula is C13H23N5O. The summed E-state index contributed by atoms with van der Waals surface area (Å²) in [4.78, 5) is 16.6. The minimum Gasteiger partial charge on any atom is -0.395 e. The van der Waals surface area contributed by atoms with Crippen molar-refractivity contribution in [3.8, 4) is 0 Å².